The Bertz CT molecular complexity index is 1200. The highest BCUT2D eigenvalue weighted by Crippen LogP contribution is 2.42. The van der Waals surface area contributed by atoms with Gasteiger partial charge in [-0.05, 0) is 61.7 Å². The predicted octanol–water partition coefficient (Wildman–Crippen LogP) is 3.55. The van der Waals surface area contributed by atoms with Crippen LogP contribution in [-0.2, 0) is 14.3 Å². The Morgan fingerprint density at radius 3 is 2.37 bits per heavy atom. The molecule has 0 bridgehead atoms. The highest BCUT2D eigenvalue weighted by Gasteiger charge is 2.46. The number of likely N-dealkylation sites (tertiary alicyclic amines) is 1. The maximum Gasteiger partial charge on any atom is 0.295 e. The van der Waals surface area contributed by atoms with E-state index in [1.807, 2.05) is 13.8 Å². The van der Waals surface area contributed by atoms with E-state index in [0.717, 1.165) is 25.2 Å². The molecule has 1 N–H and O–H groups in total. The molecule has 2 aromatic rings. The Morgan fingerprint density at radius 1 is 1.00 bits per heavy atom. The first-order chi connectivity index (χ1) is 18.4. The van der Waals surface area contributed by atoms with Crippen LogP contribution in [0.2, 0.25) is 0 Å². The number of rotatable bonds is 10. The number of hydrogen-bond acceptors (Lipinski definition) is 8. The molecule has 204 valence electrons. The summed E-state index contributed by atoms with van der Waals surface area (Å²) in [4.78, 5) is 30.6. The molecule has 2 aromatic carbocycles. The maximum atomic E-state index is 13.4. The summed E-state index contributed by atoms with van der Waals surface area (Å²) in [5.41, 5.74) is 1.97. The van der Waals surface area contributed by atoms with E-state index in [1.54, 1.807) is 48.4 Å². The van der Waals surface area contributed by atoms with Gasteiger partial charge >= 0.3 is 0 Å². The highest BCUT2D eigenvalue weighted by molar-refractivity contribution is 6.46. The van der Waals surface area contributed by atoms with Crippen LogP contribution in [0.5, 0.6) is 17.2 Å². The van der Waals surface area contributed by atoms with Crippen molar-refractivity contribution >= 4 is 17.4 Å². The van der Waals surface area contributed by atoms with Crippen LogP contribution in [0.3, 0.4) is 0 Å². The molecular formula is C29H36N2O7. The quantitative estimate of drug-likeness (QED) is 0.286. The number of morpholine rings is 1. The molecule has 0 spiro atoms. The van der Waals surface area contributed by atoms with Gasteiger partial charge in [-0.15, -0.1) is 0 Å². The number of amides is 1. The van der Waals surface area contributed by atoms with E-state index in [-0.39, 0.29) is 11.3 Å². The van der Waals surface area contributed by atoms with Crippen LogP contribution in [0.1, 0.15) is 36.1 Å². The van der Waals surface area contributed by atoms with Crippen LogP contribution in [0, 0.1) is 6.92 Å². The van der Waals surface area contributed by atoms with Gasteiger partial charge in [-0.1, -0.05) is 6.07 Å². The second kappa shape index (κ2) is 12.3. The lowest BCUT2D eigenvalue weighted by Gasteiger charge is -2.29. The molecule has 1 amide bonds. The van der Waals surface area contributed by atoms with Crippen molar-refractivity contribution in [3.63, 3.8) is 0 Å². The summed E-state index contributed by atoms with van der Waals surface area (Å²) in [6.45, 7) is 8.50. The predicted molar refractivity (Wildman–Crippen MR) is 143 cm³/mol. The fraction of sp³-hybridized carbons (Fsp3) is 0.448. The zero-order valence-corrected chi connectivity index (χ0v) is 22.5. The number of benzene rings is 2. The normalized spacial score (nSPS) is 19.6. The topological polar surface area (TPSA) is 97.8 Å². The minimum atomic E-state index is -0.772. The molecule has 2 fully saturated rings. The number of aryl methyl sites for hydroxylation is 1. The molecule has 0 radical (unpaired) electrons. The number of Topliss-reactive ketones (excluding diaryl/α,β-unsaturated/α-hetero) is 1. The standard InChI is InChI=1S/C29H36N2O7/c1-5-38-22-9-8-21(17-19(22)2)27(32)25-26(20-7-10-23(35-3)24(18-20)36-4)31(29(34)28(25)33)12-6-11-30-13-15-37-16-14-30/h7-10,17-18,26,32H,5-6,11-16H2,1-4H3/t26-/m0/s1. The zero-order chi connectivity index (χ0) is 27.2. The van der Waals surface area contributed by atoms with E-state index in [2.05, 4.69) is 4.90 Å². The SMILES string of the molecule is CCOc1ccc(C(O)=C2C(=O)C(=O)N(CCCN3CCOCC3)[C@H]2c2ccc(OC)c(OC)c2)cc1C. The Morgan fingerprint density at radius 2 is 1.71 bits per heavy atom. The third-order valence-corrected chi connectivity index (χ3v) is 6.99. The number of hydrogen-bond donors (Lipinski definition) is 1. The number of aliphatic hydroxyl groups excluding tert-OH is 1. The summed E-state index contributed by atoms with van der Waals surface area (Å²) in [7, 11) is 3.08. The van der Waals surface area contributed by atoms with E-state index in [1.165, 1.54) is 7.11 Å². The van der Waals surface area contributed by atoms with Crippen molar-refractivity contribution in [1.29, 1.82) is 0 Å². The summed E-state index contributed by atoms with van der Waals surface area (Å²) in [5, 5.41) is 11.4. The van der Waals surface area contributed by atoms with Crippen molar-refractivity contribution < 1.29 is 33.6 Å². The molecule has 38 heavy (non-hydrogen) atoms. The van der Waals surface area contributed by atoms with Crippen LogP contribution in [0.15, 0.2) is 42.0 Å². The van der Waals surface area contributed by atoms with Crippen LogP contribution >= 0.6 is 0 Å². The number of carbonyl (C=O) groups is 2. The molecule has 2 aliphatic heterocycles. The van der Waals surface area contributed by atoms with Crippen molar-refractivity contribution in [2.45, 2.75) is 26.3 Å². The molecule has 0 saturated carbocycles. The Balaban J connectivity index is 1.73. The monoisotopic (exact) mass is 524 g/mol. The van der Waals surface area contributed by atoms with Crippen LogP contribution < -0.4 is 14.2 Å². The molecule has 9 heteroatoms. The van der Waals surface area contributed by atoms with E-state index in [4.69, 9.17) is 18.9 Å². The molecule has 4 rings (SSSR count). The summed E-state index contributed by atoms with van der Waals surface area (Å²) >= 11 is 0. The number of aliphatic hydroxyl groups is 1. The van der Waals surface area contributed by atoms with Gasteiger partial charge in [-0.3, -0.25) is 14.5 Å². The molecule has 1 atom stereocenters. The number of methoxy groups -OCH3 is 2. The molecule has 2 saturated heterocycles. The largest absolute Gasteiger partial charge is 0.507 e. The van der Waals surface area contributed by atoms with E-state index < -0.39 is 17.7 Å². The summed E-state index contributed by atoms with van der Waals surface area (Å²) < 4.78 is 21.9. The molecule has 0 unspecified atom stereocenters. The summed E-state index contributed by atoms with van der Waals surface area (Å²) in [5.74, 6) is 0.147. The molecule has 0 aliphatic carbocycles. The Hall–Kier alpha value is -3.56. The lowest BCUT2D eigenvalue weighted by atomic mass is 9.94. The minimum Gasteiger partial charge on any atom is -0.507 e. The van der Waals surface area contributed by atoms with E-state index >= 15 is 0 Å². The second-order valence-corrected chi connectivity index (χ2v) is 9.33. The fourth-order valence-corrected chi connectivity index (χ4v) is 5.04. The smallest absolute Gasteiger partial charge is 0.295 e. The first-order valence-electron chi connectivity index (χ1n) is 12.9. The Kier molecular flexibility index (Phi) is 8.91. The van der Waals surface area contributed by atoms with Crippen molar-refractivity contribution in [3.05, 3.63) is 58.7 Å². The van der Waals surface area contributed by atoms with Crippen molar-refractivity contribution in [2.75, 3.05) is 60.2 Å². The zero-order valence-electron chi connectivity index (χ0n) is 22.5. The third-order valence-electron chi connectivity index (χ3n) is 6.99. The van der Waals surface area contributed by atoms with Crippen LogP contribution in [0.25, 0.3) is 5.76 Å². The van der Waals surface area contributed by atoms with Crippen molar-refractivity contribution in [3.8, 4) is 17.2 Å². The molecule has 2 aliphatic rings. The highest BCUT2D eigenvalue weighted by atomic mass is 16.5. The number of ether oxygens (including phenoxy) is 4. The minimum absolute atomic E-state index is 0.0529. The first kappa shape index (κ1) is 27.5. The van der Waals surface area contributed by atoms with Gasteiger partial charge < -0.3 is 29.0 Å². The average molecular weight is 525 g/mol. The van der Waals surface area contributed by atoms with Gasteiger partial charge in [0.15, 0.2) is 11.5 Å². The average Bonchev–Trinajstić information content (AvgIpc) is 3.19. The van der Waals surface area contributed by atoms with Gasteiger partial charge in [0, 0.05) is 31.7 Å². The molecular weight excluding hydrogens is 488 g/mol. The number of carbonyl (C=O) groups excluding carboxylic acids is 2. The lowest BCUT2D eigenvalue weighted by Crippen LogP contribution is -2.38. The van der Waals surface area contributed by atoms with Crippen LogP contribution in [-0.4, -0.2) is 86.8 Å². The third kappa shape index (κ3) is 5.63. The fourth-order valence-electron chi connectivity index (χ4n) is 5.04. The first-order valence-corrected chi connectivity index (χ1v) is 12.9. The molecule has 2 heterocycles. The molecule has 0 aromatic heterocycles. The Labute approximate surface area is 223 Å². The van der Waals surface area contributed by atoms with Gasteiger partial charge in [0.25, 0.3) is 11.7 Å². The van der Waals surface area contributed by atoms with Crippen LogP contribution in [0.4, 0.5) is 0 Å². The number of nitrogens with zero attached hydrogens (tertiary/aromatic N) is 2. The van der Waals surface area contributed by atoms with E-state index in [9.17, 15) is 14.7 Å². The van der Waals surface area contributed by atoms with Gasteiger partial charge in [0.2, 0.25) is 0 Å². The summed E-state index contributed by atoms with van der Waals surface area (Å²) in [6.07, 6.45) is 0.680. The summed E-state index contributed by atoms with van der Waals surface area (Å²) in [6, 6.07) is 9.74. The lowest BCUT2D eigenvalue weighted by molar-refractivity contribution is -0.140. The van der Waals surface area contributed by atoms with Gasteiger partial charge in [0.05, 0.1) is 45.7 Å². The second-order valence-electron chi connectivity index (χ2n) is 9.33. The maximum absolute atomic E-state index is 13.4. The van der Waals surface area contributed by atoms with Gasteiger partial charge in [-0.25, -0.2) is 0 Å². The van der Waals surface area contributed by atoms with Gasteiger partial charge in [0.1, 0.15) is 11.5 Å². The number of ketones is 1. The van der Waals surface area contributed by atoms with Crippen molar-refractivity contribution in [2.24, 2.45) is 0 Å². The van der Waals surface area contributed by atoms with Crippen molar-refractivity contribution in [1.82, 2.24) is 9.80 Å². The van der Waals surface area contributed by atoms with Gasteiger partial charge in [-0.2, -0.15) is 0 Å². The molecule has 9 nitrogen and oxygen atoms in total. The van der Waals surface area contributed by atoms with E-state index in [0.29, 0.717) is 61.2 Å².